The lowest BCUT2D eigenvalue weighted by molar-refractivity contribution is 0.438. The van der Waals surface area contributed by atoms with Gasteiger partial charge in [-0.15, -0.1) is 0 Å². The van der Waals surface area contributed by atoms with Gasteiger partial charge in [0.1, 0.15) is 0 Å². The summed E-state index contributed by atoms with van der Waals surface area (Å²) in [5, 5.41) is 0. The van der Waals surface area contributed by atoms with E-state index in [1.165, 1.54) is 11.1 Å². The van der Waals surface area contributed by atoms with E-state index in [1.807, 2.05) is 0 Å². The minimum Gasteiger partial charge on any atom is -0.271 e. The van der Waals surface area contributed by atoms with Crippen molar-refractivity contribution in [2.45, 2.75) is 33.2 Å². The molecule has 0 fully saturated rings. The van der Waals surface area contributed by atoms with Gasteiger partial charge >= 0.3 is 0 Å². The van der Waals surface area contributed by atoms with Gasteiger partial charge in [0.15, 0.2) is 0 Å². The monoisotopic (exact) mass is 270 g/mol. The first kappa shape index (κ1) is 12.7. The van der Waals surface area contributed by atoms with Crippen molar-refractivity contribution in [2.75, 3.05) is 0 Å². The largest absolute Gasteiger partial charge is 0.271 e. The first-order valence-corrected chi connectivity index (χ1v) is 6.06. The molecule has 0 amide bonds. The summed E-state index contributed by atoms with van der Waals surface area (Å²) in [6.07, 6.45) is 1.05. The molecule has 0 bridgehead atoms. The number of hydrogen-bond donors (Lipinski definition) is 2. The number of aryl methyl sites for hydroxylation is 1. The summed E-state index contributed by atoms with van der Waals surface area (Å²) in [6, 6.07) is 6.62. The fourth-order valence-electron chi connectivity index (χ4n) is 1.66. The fraction of sp³-hybridized carbons (Fsp3) is 0.500. The van der Waals surface area contributed by atoms with Crippen molar-refractivity contribution >= 4 is 15.9 Å². The summed E-state index contributed by atoms with van der Waals surface area (Å²) in [4.78, 5) is 0. The van der Waals surface area contributed by atoms with E-state index in [0.717, 1.165) is 10.9 Å². The highest BCUT2D eigenvalue weighted by Crippen LogP contribution is 2.24. The van der Waals surface area contributed by atoms with Crippen molar-refractivity contribution in [3.05, 3.63) is 33.8 Å². The van der Waals surface area contributed by atoms with Crippen LogP contribution in [0.1, 0.15) is 37.4 Å². The van der Waals surface area contributed by atoms with Gasteiger partial charge in [0.25, 0.3) is 0 Å². The van der Waals surface area contributed by atoms with Gasteiger partial charge in [0.2, 0.25) is 0 Å². The minimum atomic E-state index is 0.247. The fourth-order valence-corrected chi connectivity index (χ4v) is 1.90. The lowest BCUT2D eigenvalue weighted by Crippen LogP contribution is -2.29. The first-order valence-electron chi connectivity index (χ1n) is 5.26. The molecule has 0 aliphatic rings. The first-order chi connectivity index (χ1) is 7.04. The van der Waals surface area contributed by atoms with E-state index < -0.39 is 0 Å². The Morgan fingerprint density at radius 1 is 1.40 bits per heavy atom. The Morgan fingerprint density at radius 2 is 2.07 bits per heavy atom. The van der Waals surface area contributed by atoms with Crippen LogP contribution in [0.3, 0.4) is 0 Å². The van der Waals surface area contributed by atoms with Crippen molar-refractivity contribution in [3.63, 3.8) is 0 Å². The van der Waals surface area contributed by atoms with Crippen LogP contribution in [0.2, 0.25) is 0 Å². The highest BCUT2D eigenvalue weighted by molar-refractivity contribution is 9.10. The van der Waals surface area contributed by atoms with Crippen LogP contribution in [0.5, 0.6) is 0 Å². The zero-order valence-corrected chi connectivity index (χ0v) is 11.1. The molecule has 0 aromatic heterocycles. The Labute approximate surface area is 100 Å². The van der Waals surface area contributed by atoms with Crippen molar-refractivity contribution in [3.8, 4) is 0 Å². The van der Waals surface area contributed by atoms with Gasteiger partial charge in [-0.05, 0) is 36.5 Å². The number of rotatable bonds is 4. The second-order valence-electron chi connectivity index (χ2n) is 4.36. The van der Waals surface area contributed by atoms with Gasteiger partial charge in [-0.2, -0.15) is 0 Å². The van der Waals surface area contributed by atoms with Gasteiger partial charge in [-0.3, -0.25) is 11.3 Å². The molecule has 0 spiro atoms. The third-order valence-electron chi connectivity index (χ3n) is 2.49. The van der Waals surface area contributed by atoms with Crippen molar-refractivity contribution in [1.82, 2.24) is 5.43 Å². The van der Waals surface area contributed by atoms with E-state index in [1.54, 1.807) is 0 Å². The maximum atomic E-state index is 5.58. The van der Waals surface area contributed by atoms with Crippen molar-refractivity contribution in [1.29, 1.82) is 0 Å². The summed E-state index contributed by atoms with van der Waals surface area (Å²) in [5.41, 5.74) is 5.38. The average Bonchev–Trinajstić information content (AvgIpc) is 2.18. The molecule has 0 aliphatic carbocycles. The van der Waals surface area contributed by atoms with Crippen LogP contribution >= 0.6 is 15.9 Å². The molecule has 15 heavy (non-hydrogen) atoms. The van der Waals surface area contributed by atoms with Gasteiger partial charge in [0, 0.05) is 10.5 Å². The number of benzene rings is 1. The highest BCUT2D eigenvalue weighted by Gasteiger charge is 2.12. The Hall–Kier alpha value is -0.380. The van der Waals surface area contributed by atoms with E-state index >= 15 is 0 Å². The third-order valence-corrected chi connectivity index (χ3v) is 3.38. The molecular weight excluding hydrogens is 252 g/mol. The average molecular weight is 271 g/mol. The van der Waals surface area contributed by atoms with E-state index in [0.29, 0.717) is 5.92 Å². The van der Waals surface area contributed by atoms with Gasteiger partial charge in [0.05, 0.1) is 0 Å². The number of halogens is 1. The van der Waals surface area contributed by atoms with Crippen LogP contribution in [0.4, 0.5) is 0 Å². The Kier molecular flexibility index (Phi) is 4.77. The molecule has 0 aliphatic heterocycles. The Bertz CT molecular complexity index is 323. The Morgan fingerprint density at radius 3 is 2.53 bits per heavy atom. The van der Waals surface area contributed by atoms with Gasteiger partial charge in [-0.25, -0.2) is 0 Å². The number of hydrazine groups is 1. The molecular formula is C12H19BrN2. The second kappa shape index (κ2) is 5.64. The van der Waals surface area contributed by atoms with E-state index in [4.69, 9.17) is 5.84 Å². The molecule has 84 valence electrons. The standard InChI is InChI=1S/C12H19BrN2/c1-8(2)6-12(15-14)10-4-5-11(13)9(3)7-10/h4-5,7-8,12,15H,6,14H2,1-3H3. The molecule has 1 atom stereocenters. The highest BCUT2D eigenvalue weighted by atomic mass is 79.9. The topological polar surface area (TPSA) is 38.0 Å². The lowest BCUT2D eigenvalue weighted by Gasteiger charge is -2.19. The molecule has 0 saturated heterocycles. The zero-order chi connectivity index (χ0) is 11.4. The smallest absolute Gasteiger partial charge is 0.0462 e. The quantitative estimate of drug-likeness (QED) is 0.651. The zero-order valence-electron chi connectivity index (χ0n) is 9.55. The summed E-state index contributed by atoms with van der Waals surface area (Å²) in [5.74, 6) is 6.21. The van der Waals surface area contributed by atoms with Crippen LogP contribution in [0, 0.1) is 12.8 Å². The molecule has 1 unspecified atom stereocenters. The van der Waals surface area contributed by atoms with Crippen molar-refractivity contribution in [2.24, 2.45) is 11.8 Å². The summed E-state index contributed by atoms with van der Waals surface area (Å²) < 4.78 is 1.14. The maximum absolute atomic E-state index is 5.58. The predicted octanol–water partition coefficient (Wildman–Crippen LogP) is 3.31. The molecule has 2 nitrogen and oxygen atoms in total. The predicted molar refractivity (Wildman–Crippen MR) is 68.4 cm³/mol. The molecule has 1 aromatic rings. The van der Waals surface area contributed by atoms with E-state index in [9.17, 15) is 0 Å². The molecule has 1 rings (SSSR count). The van der Waals surface area contributed by atoms with Crippen LogP contribution in [-0.4, -0.2) is 0 Å². The van der Waals surface area contributed by atoms with Crippen LogP contribution < -0.4 is 11.3 Å². The van der Waals surface area contributed by atoms with Crippen LogP contribution in [0.25, 0.3) is 0 Å². The third kappa shape index (κ3) is 3.59. The molecule has 3 heteroatoms. The normalized spacial score (nSPS) is 13.2. The van der Waals surface area contributed by atoms with Gasteiger partial charge < -0.3 is 0 Å². The maximum Gasteiger partial charge on any atom is 0.0462 e. The SMILES string of the molecule is Cc1cc(C(CC(C)C)NN)ccc1Br. The number of nitrogens with two attached hydrogens (primary N) is 1. The molecule has 0 radical (unpaired) electrons. The number of hydrogen-bond acceptors (Lipinski definition) is 2. The minimum absolute atomic E-state index is 0.247. The number of nitrogens with one attached hydrogen (secondary N) is 1. The van der Waals surface area contributed by atoms with E-state index in [-0.39, 0.29) is 6.04 Å². The van der Waals surface area contributed by atoms with Crippen molar-refractivity contribution < 1.29 is 0 Å². The summed E-state index contributed by atoms with van der Waals surface area (Å²) in [6.45, 7) is 6.50. The molecule has 3 N–H and O–H groups in total. The molecule has 0 saturated carbocycles. The second-order valence-corrected chi connectivity index (χ2v) is 5.21. The van der Waals surface area contributed by atoms with E-state index in [2.05, 4.69) is 60.3 Å². The molecule has 0 heterocycles. The Balaban J connectivity index is 2.87. The summed E-state index contributed by atoms with van der Waals surface area (Å²) >= 11 is 3.50. The molecule has 1 aromatic carbocycles. The lowest BCUT2D eigenvalue weighted by atomic mass is 9.96. The van der Waals surface area contributed by atoms with Crippen LogP contribution in [0.15, 0.2) is 22.7 Å². The van der Waals surface area contributed by atoms with Gasteiger partial charge in [-0.1, -0.05) is 41.9 Å². The van der Waals surface area contributed by atoms with Crippen LogP contribution in [-0.2, 0) is 0 Å². The summed E-state index contributed by atoms with van der Waals surface area (Å²) in [7, 11) is 0.